The fourth-order valence-electron chi connectivity index (χ4n) is 2.55. The van der Waals surface area contributed by atoms with Crippen molar-refractivity contribution in [3.63, 3.8) is 0 Å². The summed E-state index contributed by atoms with van der Waals surface area (Å²) < 4.78 is 32.7. The zero-order valence-corrected chi connectivity index (χ0v) is 13.5. The number of hydrogen-bond donors (Lipinski definition) is 2. The molecule has 0 fully saturated rings. The normalized spacial score (nSPS) is 13.4. The van der Waals surface area contributed by atoms with E-state index in [2.05, 4.69) is 10.0 Å². The number of aryl methyl sites for hydroxylation is 1. The Bertz CT molecular complexity index is 891. The Balaban J connectivity index is 1.90. The standard InChI is InChI=1S/C16H16N2O4S/c1-10-7-13(22-2)4-6-15(10)23(20,21)18-12-3-5-14-11(8-12)9-16(19)17-14/h3-8,18H,9H2,1-2H3,(H,17,19). The van der Waals surface area contributed by atoms with Crippen molar-refractivity contribution in [3.05, 3.63) is 47.5 Å². The predicted molar refractivity (Wildman–Crippen MR) is 87.3 cm³/mol. The van der Waals surface area contributed by atoms with Gasteiger partial charge in [0, 0.05) is 11.4 Å². The molecule has 0 saturated heterocycles. The van der Waals surface area contributed by atoms with Gasteiger partial charge in [-0.3, -0.25) is 9.52 Å². The van der Waals surface area contributed by atoms with Gasteiger partial charge >= 0.3 is 0 Å². The highest BCUT2D eigenvalue weighted by atomic mass is 32.2. The molecule has 23 heavy (non-hydrogen) atoms. The Morgan fingerprint density at radius 3 is 2.65 bits per heavy atom. The van der Waals surface area contributed by atoms with Crippen molar-refractivity contribution in [2.24, 2.45) is 0 Å². The predicted octanol–water partition coefficient (Wildman–Crippen LogP) is 2.30. The summed E-state index contributed by atoms with van der Waals surface area (Å²) in [5.41, 5.74) is 2.52. The highest BCUT2D eigenvalue weighted by molar-refractivity contribution is 7.92. The van der Waals surface area contributed by atoms with E-state index in [-0.39, 0.29) is 17.2 Å². The van der Waals surface area contributed by atoms with Crippen LogP contribution in [-0.4, -0.2) is 21.4 Å². The van der Waals surface area contributed by atoms with Gasteiger partial charge in [-0.1, -0.05) is 0 Å². The molecule has 1 aliphatic heterocycles. The molecule has 2 aromatic carbocycles. The van der Waals surface area contributed by atoms with E-state index in [0.29, 0.717) is 17.0 Å². The lowest BCUT2D eigenvalue weighted by molar-refractivity contribution is -0.115. The Morgan fingerprint density at radius 2 is 1.96 bits per heavy atom. The number of carbonyl (C=O) groups is 1. The van der Waals surface area contributed by atoms with Crippen molar-refractivity contribution in [2.45, 2.75) is 18.2 Å². The first-order valence-corrected chi connectivity index (χ1v) is 8.47. The van der Waals surface area contributed by atoms with Gasteiger partial charge < -0.3 is 10.1 Å². The van der Waals surface area contributed by atoms with E-state index in [1.165, 1.54) is 13.2 Å². The second kappa shape index (κ2) is 5.58. The molecular formula is C16H16N2O4S. The van der Waals surface area contributed by atoms with Crippen molar-refractivity contribution >= 4 is 27.3 Å². The lowest BCUT2D eigenvalue weighted by Crippen LogP contribution is -2.14. The van der Waals surface area contributed by atoms with Gasteiger partial charge in [0.05, 0.1) is 18.4 Å². The molecule has 0 radical (unpaired) electrons. The van der Waals surface area contributed by atoms with Gasteiger partial charge in [0.15, 0.2) is 0 Å². The molecule has 1 heterocycles. The maximum absolute atomic E-state index is 12.6. The first kappa shape index (κ1) is 15.4. The third-order valence-electron chi connectivity index (χ3n) is 3.65. The molecule has 1 amide bonds. The van der Waals surface area contributed by atoms with Crippen molar-refractivity contribution < 1.29 is 17.9 Å². The van der Waals surface area contributed by atoms with Gasteiger partial charge in [0.25, 0.3) is 10.0 Å². The molecule has 0 aliphatic carbocycles. The average Bonchev–Trinajstić information content (AvgIpc) is 2.85. The minimum atomic E-state index is -3.71. The van der Waals surface area contributed by atoms with Crippen LogP contribution in [0, 0.1) is 6.92 Å². The van der Waals surface area contributed by atoms with Crippen LogP contribution in [0.2, 0.25) is 0 Å². The summed E-state index contributed by atoms with van der Waals surface area (Å²) in [6.07, 6.45) is 0.256. The zero-order chi connectivity index (χ0) is 16.6. The monoisotopic (exact) mass is 332 g/mol. The van der Waals surface area contributed by atoms with Crippen LogP contribution in [0.5, 0.6) is 5.75 Å². The van der Waals surface area contributed by atoms with Crippen molar-refractivity contribution in [1.29, 1.82) is 0 Å². The van der Waals surface area contributed by atoms with Crippen molar-refractivity contribution in [3.8, 4) is 5.75 Å². The van der Waals surface area contributed by atoms with Crippen molar-refractivity contribution in [2.75, 3.05) is 17.1 Å². The topological polar surface area (TPSA) is 84.5 Å². The summed E-state index contributed by atoms with van der Waals surface area (Å²) in [6, 6.07) is 9.77. The third-order valence-corrected chi connectivity index (χ3v) is 5.20. The summed E-state index contributed by atoms with van der Waals surface area (Å²) in [5.74, 6) is 0.509. The van der Waals surface area contributed by atoms with E-state index in [4.69, 9.17) is 4.74 Å². The summed E-state index contributed by atoms with van der Waals surface area (Å²) in [4.78, 5) is 11.5. The van der Waals surface area contributed by atoms with Crippen LogP contribution in [0.1, 0.15) is 11.1 Å². The number of rotatable bonds is 4. The summed E-state index contributed by atoms with van der Waals surface area (Å²) in [7, 11) is -2.18. The maximum atomic E-state index is 12.6. The first-order valence-electron chi connectivity index (χ1n) is 6.99. The van der Waals surface area contributed by atoms with Gasteiger partial charge in [-0.15, -0.1) is 0 Å². The lowest BCUT2D eigenvalue weighted by Gasteiger charge is -2.12. The van der Waals surface area contributed by atoms with Gasteiger partial charge in [-0.2, -0.15) is 0 Å². The summed E-state index contributed by atoms with van der Waals surface area (Å²) in [5, 5.41) is 2.71. The highest BCUT2D eigenvalue weighted by Gasteiger charge is 2.21. The van der Waals surface area contributed by atoms with Gasteiger partial charge in [-0.05, 0) is 54.4 Å². The minimum absolute atomic E-state index is 0.0917. The molecular weight excluding hydrogens is 316 g/mol. The van der Waals surface area contributed by atoms with E-state index in [1.54, 1.807) is 37.3 Å². The van der Waals surface area contributed by atoms with Crippen LogP contribution >= 0.6 is 0 Å². The number of methoxy groups -OCH3 is 1. The van der Waals surface area contributed by atoms with Crippen LogP contribution in [0.25, 0.3) is 0 Å². The maximum Gasteiger partial charge on any atom is 0.262 e. The van der Waals surface area contributed by atoms with Crippen LogP contribution in [0.3, 0.4) is 0 Å². The van der Waals surface area contributed by atoms with E-state index in [9.17, 15) is 13.2 Å². The molecule has 1 aliphatic rings. The number of fused-ring (bicyclic) bond motifs is 1. The summed E-state index contributed by atoms with van der Waals surface area (Å²) >= 11 is 0. The average molecular weight is 332 g/mol. The van der Waals surface area contributed by atoms with Crippen LogP contribution in [-0.2, 0) is 21.2 Å². The Labute approximate surface area is 134 Å². The molecule has 3 rings (SSSR count). The van der Waals surface area contributed by atoms with Crippen molar-refractivity contribution in [1.82, 2.24) is 0 Å². The molecule has 120 valence electrons. The van der Waals surface area contributed by atoms with E-state index < -0.39 is 10.0 Å². The van der Waals surface area contributed by atoms with Gasteiger partial charge in [0.1, 0.15) is 5.75 Å². The Morgan fingerprint density at radius 1 is 1.17 bits per heavy atom. The molecule has 0 saturated carbocycles. The number of carbonyl (C=O) groups excluding carboxylic acids is 1. The molecule has 7 heteroatoms. The SMILES string of the molecule is COc1ccc(S(=O)(=O)Nc2ccc3c(c2)CC(=O)N3)c(C)c1. The number of sulfonamides is 1. The number of anilines is 2. The minimum Gasteiger partial charge on any atom is -0.497 e. The Kier molecular flexibility index (Phi) is 3.73. The number of amides is 1. The van der Waals surface area contributed by atoms with E-state index >= 15 is 0 Å². The molecule has 0 spiro atoms. The van der Waals surface area contributed by atoms with Gasteiger partial charge in [-0.25, -0.2) is 8.42 Å². The smallest absolute Gasteiger partial charge is 0.262 e. The highest BCUT2D eigenvalue weighted by Crippen LogP contribution is 2.28. The number of benzene rings is 2. The lowest BCUT2D eigenvalue weighted by atomic mass is 10.1. The molecule has 2 aromatic rings. The molecule has 0 aromatic heterocycles. The molecule has 0 bridgehead atoms. The largest absolute Gasteiger partial charge is 0.497 e. The third kappa shape index (κ3) is 3.00. The van der Waals surface area contributed by atoms with Crippen LogP contribution in [0.15, 0.2) is 41.3 Å². The second-order valence-electron chi connectivity index (χ2n) is 5.33. The quantitative estimate of drug-likeness (QED) is 0.900. The fourth-order valence-corrected chi connectivity index (χ4v) is 3.83. The van der Waals surface area contributed by atoms with E-state index in [0.717, 1.165) is 11.3 Å². The molecule has 6 nitrogen and oxygen atoms in total. The number of hydrogen-bond acceptors (Lipinski definition) is 4. The number of ether oxygens (including phenoxy) is 1. The van der Waals surface area contributed by atoms with Crippen LogP contribution < -0.4 is 14.8 Å². The molecule has 2 N–H and O–H groups in total. The molecule has 0 unspecified atom stereocenters. The second-order valence-corrected chi connectivity index (χ2v) is 6.98. The zero-order valence-electron chi connectivity index (χ0n) is 12.7. The fraction of sp³-hybridized carbons (Fsp3) is 0.188. The van der Waals surface area contributed by atoms with Crippen LogP contribution in [0.4, 0.5) is 11.4 Å². The Hall–Kier alpha value is -2.54. The first-order chi connectivity index (χ1) is 10.9. The summed E-state index contributed by atoms with van der Waals surface area (Å²) in [6.45, 7) is 1.71. The number of nitrogens with one attached hydrogen (secondary N) is 2. The molecule has 0 atom stereocenters. The van der Waals surface area contributed by atoms with E-state index in [1.807, 2.05) is 0 Å². The van der Waals surface area contributed by atoms with Gasteiger partial charge in [0.2, 0.25) is 5.91 Å².